The lowest BCUT2D eigenvalue weighted by Gasteiger charge is -2.46. The van der Waals surface area contributed by atoms with Crippen molar-refractivity contribution in [2.45, 2.75) is 229 Å². The Morgan fingerprint density at radius 3 is 1.60 bits per heavy atom. The first-order valence-corrected chi connectivity index (χ1v) is 23.2. The number of ether oxygens (including phenoxy) is 4. The lowest BCUT2D eigenvalue weighted by atomic mass is 9.97. The van der Waals surface area contributed by atoms with Gasteiger partial charge in [0.2, 0.25) is 5.91 Å². The maximum Gasteiger partial charge on any atom is 0.220 e. The van der Waals surface area contributed by atoms with E-state index in [0.717, 1.165) is 51.4 Å². The molecule has 0 bridgehead atoms. The van der Waals surface area contributed by atoms with Crippen LogP contribution in [0, 0.1) is 0 Å². The third-order valence-corrected chi connectivity index (χ3v) is 11.3. The minimum atomic E-state index is -1.79. The summed E-state index contributed by atoms with van der Waals surface area (Å²) in [5.41, 5.74) is 0. The third-order valence-electron chi connectivity index (χ3n) is 11.3. The Hall–Kier alpha value is -1.79. The van der Waals surface area contributed by atoms with Crippen molar-refractivity contribution >= 4 is 5.91 Å². The van der Waals surface area contributed by atoms with Crippen LogP contribution in [0.25, 0.3) is 0 Å². The lowest BCUT2D eigenvalue weighted by molar-refractivity contribution is -0.359. The Labute approximate surface area is 360 Å². The van der Waals surface area contributed by atoms with Crippen LogP contribution in [-0.4, -0.2) is 140 Å². The summed E-state index contributed by atoms with van der Waals surface area (Å²) < 4.78 is 22.6. The van der Waals surface area contributed by atoms with Crippen LogP contribution in [0.2, 0.25) is 0 Å². The Kier molecular flexibility index (Phi) is 30.5. The molecular weight excluding hydrogens is 774 g/mol. The first-order valence-electron chi connectivity index (χ1n) is 23.2. The Bertz CT molecular complexity index is 1150. The molecule has 2 heterocycles. The lowest BCUT2D eigenvalue weighted by Crippen LogP contribution is -2.65. The molecule has 14 nitrogen and oxygen atoms in total. The number of carbonyl (C=O) groups is 1. The van der Waals surface area contributed by atoms with Crippen molar-refractivity contribution in [3.63, 3.8) is 0 Å². The topological polar surface area (TPSA) is 228 Å². The van der Waals surface area contributed by atoms with Crippen LogP contribution in [-0.2, 0) is 23.7 Å². The molecule has 0 aromatic rings. The fourth-order valence-corrected chi connectivity index (χ4v) is 7.45. The van der Waals surface area contributed by atoms with Gasteiger partial charge in [-0.15, -0.1) is 0 Å². The highest BCUT2D eigenvalue weighted by Crippen LogP contribution is 2.30. The summed E-state index contributed by atoms with van der Waals surface area (Å²) in [6, 6.07) is -0.931. The normalized spacial score (nSPS) is 28.6. The summed E-state index contributed by atoms with van der Waals surface area (Å²) in [6.07, 6.45) is 19.1. The fourth-order valence-electron chi connectivity index (χ4n) is 7.45. The van der Waals surface area contributed by atoms with Crippen LogP contribution in [0.3, 0.4) is 0 Å². The molecule has 12 atom stereocenters. The summed E-state index contributed by atoms with van der Waals surface area (Å²) in [5.74, 6) is -0.256. The van der Waals surface area contributed by atoms with Gasteiger partial charge in [0.1, 0.15) is 48.8 Å². The van der Waals surface area contributed by atoms with Gasteiger partial charge in [-0.1, -0.05) is 147 Å². The van der Waals surface area contributed by atoms with Crippen molar-refractivity contribution in [2.24, 2.45) is 0 Å². The summed E-state index contributed by atoms with van der Waals surface area (Å²) in [4.78, 5) is 13.1. The van der Waals surface area contributed by atoms with Gasteiger partial charge in [0.25, 0.3) is 0 Å². The molecule has 2 saturated heterocycles. The molecule has 2 aliphatic heterocycles. The molecule has 2 fully saturated rings. The minimum Gasteiger partial charge on any atom is -0.394 e. The zero-order valence-corrected chi connectivity index (χ0v) is 36.7. The number of allylic oxidation sites excluding steroid dienone is 5. The third kappa shape index (κ3) is 21.5. The molecular formula is C46H83NO13. The van der Waals surface area contributed by atoms with E-state index >= 15 is 0 Å². The average Bonchev–Trinajstić information content (AvgIpc) is 3.24. The molecule has 1 amide bonds. The first kappa shape index (κ1) is 54.3. The van der Waals surface area contributed by atoms with Crippen molar-refractivity contribution in [1.82, 2.24) is 5.32 Å². The highest BCUT2D eigenvalue weighted by molar-refractivity contribution is 5.76. The molecule has 0 spiro atoms. The van der Waals surface area contributed by atoms with Crippen LogP contribution in [0.5, 0.6) is 0 Å². The molecule has 0 aliphatic carbocycles. The van der Waals surface area contributed by atoms with Crippen molar-refractivity contribution in [2.75, 3.05) is 19.8 Å². The number of carbonyl (C=O) groups excluding carboxylic acids is 1. The van der Waals surface area contributed by atoms with Gasteiger partial charge < -0.3 is 65.1 Å². The van der Waals surface area contributed by atoms with Gasteiger partial charge in [0, 0.05) is 6.42 Å². The van der Waals surface area contributed by atoms with E-state index in [9.17, 15) is 45.6 Å². The van der Waals surface area contributed by atoms with E-state index in [0.29, 0.717) is 12.8 Å². The summed E-state index contributed by atoms with van der Waals surface area (Å²) >= 11 is 0. The standard InChI is InChI=1S/C46H83NO13/c1-3-5-7-9-11-13-15-16-17-18-20-22-24-26-28-30-38(51)47-34(35(50)29-27-25-23-21-19-14-12-10-8-6-4-2)33-57-45-43(56)41(54)44(37(32-49)59-45)60-46-42(55)40(53)39(52)36(31-48)58-46/h8,10,19,21,27,29,34-37,39-46,48-50,52-56H,3-7,9,11-18,20,22-26,28,30-33H2,1-2H3,(H,47,51)/b10-8+,21-19+,29-27+. The van der Waals surface area contributed by atoms with Crippen LogP contribution < -0.4 is 5.32 Å². The van der Waals surface area contributed by atoms with Gasteiger partial charge >= 0.3 is 0 Å². The van der Waals surface area contributed by atoms with Crippen LogP contribution in [0.15, 0.2) is 36.5 Å². The molecule has 12 unspecified atom stereocenters. The van der Waals surface area contributed by atoms with Crippen molar-refractivity contribution < 1.29 is 64.6 Å². The van der Waals surface area contributed by atoms with Crippen molar-refractivity contribution in [3.8, 4) is 0 Å². The molecule has 2 aliphatic rings. The van der Waals surface area contributed by atoms with Crippen LogP contribution in [0.1, 0.15) is 155 Å². The van der Waals surface area contributed by atoms with E-state index in [1.807, 2.05) is 6.08 Å². The second kappa shape index (κ2) is 33.7. The molecule has 0 radical (unpaired) electrons. The van der Waals surface area contributed by atoms with Crippen molar-refractivity contribution in [1.29, 1.82) is 0 Å². The van der Waals surface area contributed by atoms with Gasteiger partial charge in [-0.2, -0.15) is 0 Å². The molecule has 0 aromatic heterocycles. The number of aliphatic hydroxyl groups excluding tert-OH is 8. The maximum absolute atomic E-state index is 13.1. The highest BCUT2D eigenvalue weighted by atomic mass is 16.7. The number of rotatable bonds is 34. The fraction of sp³-hybridized carbons (Fsp3) is 0.848. The van der Waals surface area contributed by atoms with Gasteiger partial charge in [0.15, 0.2) is 12.6 Å². The first-order chi connectivity index (χ1) is 29.1. The molecule has 14 heteroatoms. The molecule has 9 N–H and O–H groups in total. The van der Waals surface area contributed by atoms with E-state index in [4.69, 9.17) is 18.9 Å². The number of amides is 1. The van der Waals surface area contributed by atoms with Crippen LogP contribution >= 0.6 is 0 Å². The zero-order chi connectivity index (χ0) is 44.0. The van der Waals surface area contributed by atoms with Crippen LogP contribution in [0.4, 0.5) is 0 Å². The van der Waals surface area contributed by atoms with E-state index in [1.165, 1.54) is 70.6 Å². The smallest absolute Gasteiger partial charge is 0.220 e. The Balaban J connectivity index is 1.90. The SMILES string of the molecule is CCC/C=C/CC/C=C/CC/C=C/C(O)C(COC1OC(CO)C(OC2OC(CO)C(O)C(O)C2O)C(O)C1O)NC(=O)CCCCCCCCCCCCCCCCC. The van der Waals surface area contributed by atoms with Gasteiger partial charge in [0.05, 0.1) is 32.0 Å². The second-order valence-corrected chi connectivity index (χ2v) is 16.5. The van der Waals surface area contributed by atoms with Gasteiger partial charge in [-0.05, 0) is 38.5 Å². The molecule has 350 valence electrons. The van der Waals surface area contributed by atoms with E-state index in [2.05, 4.69) is 43.5 Å². The largest absolute Gasteiger partial charge is 0.394 e. The maximum atomic E-state index is 13.1. The molecule has 0 saturated carbocycles. The number of hydrogen-bond donors (Lipinski definition) is 9. The number of unbranched alkanes of at least 4 members (excludes halogenated alkanes) is 17. The predicted octanol–water partition coefficient (Wildman–Crippen LogP) is 4.76. The van der Waals surface area contributed by atoms with Gasteiger partial charge in [-0.3, -0.25) is 4.79 Å². The Morgan fingerprint density at radius 2 is 1.07 bits per heavy atom. The summed E-state index contributed by atoms with van der Waals surface area (Å²) in [7, 11) is 0. The quantitative estimate of drug-likeness (QED) is 0.0315. The monoisotopic (exact) mass is 858 g/mol. The number of nitrogens with one attached hydrogen (secondary N) is 1. The summed E-state index contributed by atoms with van der Waals surface area (Å²) in [5, 5.41) is 86.4. The zero-order valence-electron chi connectivity index (χ0n) is 36.7. The van der Waals surface area contributed by atoms with E-state index < -0.39 is 86.8 Å². The number of hydrogen-bond acceptors (Lipinski definition) is 13. The molecule has 2 rings (SSSR count). The minimum absolute atomic E-state index is 0.256. The summed E-state index contributed by atoms with van der Waals surface area (Å²) in [6.45, 7) is 2.66. The van der Waals surface area contributed by atoms with E-state index in [-0.39, 0.29) is 18.9 Å². The predicted molar refractivity (Wildman–Crippen MR) is 231 cm³/mol. The molecule has 60 heavy (non-hydrogen) atoms. The van der Waals surface area contributed by atoms with Gasteiger partial charge in [-0.25, -0.2) is 0 Å². The second-order valence-electron chi connectivity index (χ2n) is 16.5. The number of aliphatic hydroxyl groups is 8. The van der Waals surface area contributed by atoms with Crippen molar-refractivity contribution in [3.05, 3.63) is 36.5 Å². The average molecular weight is 858 g/mol. The molecule has 0 aromatic carbocycles. The Morgan fingerprint density at radius 1 is 0.583 bits per heavy atom. The van der Waals surface area contributed by atoms with E-state index in [1.54, 1.807) is 6.08 Å². The highest BCUT2D eigenvalue weighted by Gasteiger charge is 2.50.